The second-order valence-corrected chi connectivity index (χ2v) is 10.4. The molecule has 6 nitrogen and oxygen atoms in total. The molecule has 0 unspecified atom stereocenters. The summed E-state index contributed by atoms with van der Waals surface area (Å²) in [6.07, 6.45) is 2.22. The van der Waals surface area contributed by atoms with E-state index in [0.29, 0.717) is 19.4 Å². The molecule has 11 heteroatoms. The summed E-state index contributed by atoms with van der Waals surface area (Å²) in [5.41, 5.74) is 0. The van der Waals surface area contributed by atoms with Gasteiger partial charge in [0.1, 0.15) is 0 Å². The van der Waals surface area contributed by atoms with Crippen LogP contribution >= 0.6 is 34.5 Å². The highest BCUT2D eigenvalue weighted by molar-refractivity contribution is 7.91. The number of sulfonamides is 2. The molecule has 0 aromatic carbocycles. The molecule has 120 valence electrons. The summed E-state index contributed by atoms with van der Waals surface area (Å²) in [5, 5.41) is 1.68. The molecule has 0 amide bonds. The number of thiophene rings is 1. The van der Waals surface area contributed by atoms with Crippen molar-refractivity contribution in [2.24, 2.45) is 0 Å². The number of piperidine rings is 1. The summed E-state index contributed by atoms with van der Waals surface area (Å²) in [6, 6.07) is -0.433. The summed E-state index contributed by atoms with van der Waals surface area (Å²) in [7, 11) is -7.14. The van der Waals surface area contributed by atoms with Gasteiger partial charge >= 0.3 is 0 Å². The number of nitrogens with one attached hydrogen (secondary N) is 1. The molecule has 2 rings (SSSR count). The van der Waals surface area contributed by atoms with Gasteiger partial charge in [0.15, 0.2) is 4.21 Å². The molecule has 1 saturated heterocycles. The molecule has 1 N–H and O–H groups in total. The van der Waals surface area contributed by atoms with Crippen LogP contribution in [0.5, 0.6) is 0 Å². The Kier molecular flexibility index (Phi) is 5.24. The molecule has 1 aromatic heterocycles. The molecule has 0 aliphatic carbocycles. The molecule has 0 radical (unpaired) electrons. The molecular weight excluding hydrogens is 379 g/mol. The van der Waals surface area contributed by atoms with E-state index in [9.17, 15) is 16.8 Å². The van der Waals surface area contributed by atoms with Crippen molar-refractivity contribution in [1.82, 2.24) is 9.03 Å². The highest BCUT2D eigenvalue weighted by Gasteiger charge is 2.34. The highest BCUT2D eigenvalue weighted by atomic mass is 35.5. The average molecular weight is 393 g/mol. The first-order valence-corrected chi connectivity index (χ1v) is 11.0. The van der Waals surface area contributed by atoms with Crippen molar-refractivity contribution in [2.75, 3.05) is 19.3 Å². The summed E-state index contributed by atoms with van der Waals surface area (Å²) in [5.74, 6) is 0. The molecule has 1 atom stereocenters. The molecule has 1 aromatic rings. The van der Waals surface area contributed by atoms with Crippen LogP contribution in [0.4, 0.5) is 0 Å². The van der Waals surface area contributed by atoms with Crippen molar-refractivity contribution in [3.63, 3.8) is 0 Å². The molecule has 21 heavy (non-hydrogen) atoms. The number of hydrogen-bond acceptors (Lipinski definition) is 5. The maximum Gasteiger partial charge on any atom is 0.254 e. The molecule has 0 spiro atoms. The molecule has 0 bridgehead atoms. The van der Waals surface area contributed by atoms with Gasteiger partial charge in [0, 0.05) is 24.5 Å². The van der Waals surface area contributed by atoms with Gasteiger partial charge < -0.3 is 0 Å². The smallest absolute Gasteiger partial charge is 0.213 e. The quantitative estimate of drug-likeness (QED) is 0.845. The summed E-state index contributed by atoms with van der Waals surface area (Å²) >= 11 is 12.7. The fourth-order valence-electron chi connectivity index (χ4n) is 2.16. The van der Waals surface area contributed by atoms with Gasteiger partial charge in [-0.15, -0.1) is 11.3 Å². The van der Waals surface area contributed by atoms with Gasteiger partial charge in [0.25, 0.3) is 10.0 Å². The summed E-state index contributed by atoms with van der Waals surface area (Å²) in [4.78, 5) is 0. The van der Waals surface area contributed by atoms with Gasteiger partial charge in [0.2, 0.25) is 10.0 Å². The fourth-order valence-corrected chi connectivity index (χ4v) is 6.65. The van der Waals surface area contributed by atoms with E-state index in [2.05, 4.69) is 4.72 Å². The van der Waals surface area contributed by atoms with Crippen LogP contribution in [-0.2, 0) is 20.0 Å². The van der Waals surface area contributed by atoms with Crippen molar-refractivity contribution in [3.05, 3.63) is 15.4 Å². The van der Waals surface area contributed by atoms with Gasteiger partial charge in [-0.2, -0.15) is 4.31 Å². The lowest BCUT2D eigenvalue weighted by Gasteiger charge is -2.31. The lowest BCUT2D eigenvalue weighted by molar-refractivity contribution is 0.304. The predicted octanol–water partition coefficient (Wildman–Crippen LogP) is 1.76. The highest BCUT2D eigenvalue weighted by Crippen LogP contribution is 2.37. The fraction of sp³-hybridized carbons (Fsp3) is 0.600. The summed E-state index contributed by atoms with van der Waals surface area (Å²) in [6.45, 7) is 0.414. The van der Waals surface area contributed by atoms with Gasteiger partial charge in [-0.25, -0.2) is 21.6 Å². The zero-order chi connectivity index (χ0) is 15.8. The normalized spacial score (nSPS) is 21.6. The zero-order valence-electron chi connectivity index (χ0n) is 11.0. The Morgan fingerprint density at radius 3 is 2.52 bits per heavy atom. The third-order valence-corrected chi connectivity index (χ3v) is 8.28. The van der Waals surface area contributed by atoms with Crippen LogP contribution in [0.3, 0.4) is 0 Å². The number of hydrogen-bond donors (Lipinski definition) is 1. The Morgan fingerprint density at radius 2 is 2.00 bits per heavy atom. The predicted molar refractivity (Wildman–Crippen MR) is 84.1 cm³/mol. The summed E-state index contributed by atoms with van der Waals surface area (Å²) < 4.78 is 51.3. The molecule has 1 aliphatic rings. The van der Waals surface area contributed by atoms with E-state index in [4.69, 9.17) is 23.2 Å². The maximum atomic E-state index is 12.5. The van der Waals surface area contributed by atoms with Gasteiger partial charge in [0.05, 0.1) is 16.3 Å². The lowest BCUT2D eigenvalue weighted by Crippen LogP contribution is -2.49. The number of nitrogens with zero attached hydrogens (tertiary/aromatic N) is 1. The first-order valence-electron chi connectivity index (χ1n) is 6.01. The molecule has 1 aliphatic heterocycles. The molecule has 1 fully saturated rings. The van der Waals surface area contributed by atoms with Crippen LogP contribution in [0.1, 0.15) is 12.8 Å². The topological polar surface area (TPSA) is 83.6 Å². The van der Waals surface area contributed by atoms with Crippen molar-refractivity contribution >= 4 is 54.6 Å². The van der Waals surface area contributed by atoms with Crippen LogP contribution < -0.4 is 4.72 Å². The Balaban J connectivity index is 2.23. The Labute approximate surface area is 138 Å². The van der Waals surface area contributed by atoms with Crippen LogP contribution in [0.2, 0.25) is 10.0 Å². The number of rotatable bonds is 4. The van der Waals surface area contributed by atoms with Crippen molar-refractivity contribution in [2.45, 2.75) is 23.1 Å². The van der Waals surface area contributed by atoms with Crippen LogP contribution in [0.15, 0.2) is 9.59 Å². The Bertz CT molecular complexity index is 729. The van der Waals surface area contributed by atoms with E-state index < -0.39 is 26.1 Å². The van der Waals surface area contributed by atoms with Gasteiger partial charge in [-0.1, -0.05) is 23.2 Å². The SMILES string of the molecule is CS(=O)(=O)N[C@H]1CCCN(S(=O)(=O)c2scc(Cl)c2Cl)C1. The molecule has 0 saturated carbocycles. The van der Waals surface area contributed by atoms with E-state index in [1.54, 1.807) is 0 Å². The first kappa shape index (κ1) is 17.5. The van der Waals surface area contributed by atoms with Crippen LogP contribution in [-0.4, -0.2) is 46.5 Å². The van der Waals surface area contributed by atoms with E-state index in [1.165, 1.54) is 9.69 Å². The third-order valence-electron chi connectivity index (χ3n) is 3.00. The molecule has 2 heterocycles. The second-order valence-electron chi connectivity index (χ2n) is 4.78. The van der Waals surface area contributed by atoms with Gasteiger partial charge in [-0.3, -0.25) is 0 Å². The third kappa shape index (κ3) is 4.10. The zero-order valence-corrected chi connectivity index (χ0v) is 15.0. The van der Waals surface area contributed by atoms with Crippen molar-refractivity contribution in [1.29, 1.82) is 0 Å². The van der Waals surface area contributed by atoms with E-state index >= 15 is 0 Å². The van der Waals surface area contributed by atoms with E-state index in [0.717, 1.165) is 17.6 Å². The van der Waals surface area contributed by atoms with Crippen molar-refractivity contribution in [3.8, 4) is 0 Å². The first-order chi connectivity index (χ1) is 9.61. The monoisotopic (exact) mass is 392 g/mol. The van der Waals surface area contributed by atoms with Crippen LogP contribution in [0.25, 0.3) is 0 Å². The van der Waals surface area contributed by atoms with E-state index in [-0.39, 0.29) is 20.8 Å². The lowest BCUT2D eigenvalue weighted by atomic mass is 10.1. The minimum Gasteiger partial charge on any atom is -0.213 e. The van der Waals surface area contributed by atoms with Crippen LogP contribution in [0, 0.1) is 0 Å². The standard InChI is InChI=1S/C10H14Cl2N2O4S3/c1-20(15,16)13-7-3-2-4-14(5-7)21(17,18)10-9(12)8(11)6-19-10/h6-7,13H,2-5H2,1H3/t7-/m0/s1. The minimum atomic E-state index is -3.76. The van der Waals surface area contributed by atoms with Gasteiger partial charge in [-0.05, 0) is 12.8 Å². The average Bonchev–Trinajstić information content (AvgIpc) is 2.69. The van der Waals surface area contributed by atoms with Crippen molar-refractivity contribution < 1.29 is 16.8 Å². The van der Waals surface area contributed by atoms with E-state index in [1.807, 2.05) is 0 Å². The second kappa shape index (κ2) is 6.31. The number of halogens is 2. The molecular formula is C10H14Cl2N2O4S3. The largest absolute Gasteiger partial charge is 0.254 e. The minimum absolute atomic E-state index is 0.00540. The Morgan fingerprint density at radius 1 is 1.33 bits per heavy atom. The maximum absolute atomic E-state index is 12.5. The Hall–Kier alpha value is 0.1000.